The fourth-order valence-corrected chi connectivity index (χ4v) is 2.27. The Morgan fingerprint density at radius 1 is 1.04 bits per heavy atom. The lowest BCUT2D eigenvalue weighted by Gasteiger charge is -2.08. The number of carbonyl (C=O) groups is 1. The van der Waals surface area contributed by atoms with Crippen LogP contribution in [-0.4, -0.2) is 29.6 Å². The summed E-state index contributed by atoms with van der Waals surface area (Å²) in [5, 5.41) is 3.83. The molecule has 9 heteroatoms. The van der Waals surface area contributed by atoms with E-state index in [1.165, 1.54) is 31.4 Å². The summed E-state index contributed by atoms with van der Waals surface area (Å²) in [7, 11) is 1.32. The lowest BCUT2D eigenvalue weighted by Crippen LogP contribution is -2.16. The lowest BCUT2D eigenvalue weighted by atomic mass is 10.1. The van der Waals surface area contributed by atoms with Crippen molar-refractivity contribution in [3.05, 3.63) is 54.1 Å². The van der Waals surface area contributed by atoms with Gasteiger partial charge >= 0.3 is 12.3 Å². The Morgan fingerprint density at radius 3 is 2.26 bits per heavy atom. The molecule has 0 saturated heterocycles. The van der Waals surface area contributed by atoms with E-state index in [9.17, 15) is 18.0 Å². The molecule has 0 radical (unpaired) electrons. The lowest BCUT2D eigenvalue weighted by molar-refractivity contribution is -0.274. The van der Waals surface area contributed by atoms with Gasteiger partial charge in [-0.2, -0.15) is 4.98 Å². The number of methoxy groups -OCH3 is 1. The molecule has 0 bridgehead atoms. The summed E-state index contributed by atoms with van der Waals surface area (Å²) < 4.78 is 50.2. The van der Waals surface area contributed by atoms with Crippen molar-refractivity contribution in [3.63, 3.8) is 0 Å². The fourth-order valence-electron chi connectivity index (χ4n) is 2.27. The van der Waals surface area contributed by atoms with E-state index in [2.05, 4.69) is 19.6 Å². The summed E-state index contributed by atoms with van der Waals surface area (Å²) in [6.07, 6.45) is -4.60. The van der Waals surface area contributed by atoms with Crippen molar-refractivity contribution >= 4 is 5.97 Å². The van der Waals surface area contributed by atoms with Crippen LogP contribution in [0.15, 0.2) is 53.1 Å². The zero-order chi connectivity index (χ0) is 19.4. The monoisotopic (exact) mass is 378 g/mol. The minimum atomic E-state index is -4.75. The molecule has 1 heterocycles. The maximum Gasteiger partial charge on any atom is 0.573 e. The number of alkyl halides is 3. The maximum absolute atomic E-state index is 12.2. The Balaban J connectivity index is 1.73. The normalized spacial score (nSPS) is 11.3. The molecule has 0 N–H and O–H groups in total. The highest BCUT2D eigenvalue weighted by Gasteiger charge is 2.31. The van der Waals surface area contributed by atoms with Crippen LogP contribution in [0, 0.1) is 0 Å². The first-order chi connectivity index (χ1) is 12.8. The Kier molecular flexibility index (Phi) is 5.11. The minimum Gasteiger partial charge on any atom is -0.469 e. The number of hydrogen-bond donors (Lipinski definition) is 0. The second-order valence-corrected chi connectivity index (χ2v) is 5.45. The second kappa shape index (κ2) is 7.48. The molecule has 0 aliphatic heterocycles. The van der Waals surface area contributed by atoms with Gasteiger partial charge in [0.05, 0.1) is 13.5 Å². The first-order valence-corrected chi connectivity index (χ1v) is 7.70. The zero-order valence-corrected chi connectivity index (χ0v) is 14.0. The van der Waals surface area contributed by atoms with Crippen molar-refractivity contribution < 1.29 is 32.0 Å². The topological polar surface area (TPSA) is 74.5 Å². The third kappa shape index (κ3) is 4.84. The maximum atomic E-state index is 12.2. The molecule has 0 fully saturated rings. The summed E-state index contributed by atoms with van der Waals surface area (Å²) in [5.74, 6) is -0.218. The molecular formula is C18H13F3N2O4. The van der Waals surface area contributed by atoms with Crippen LogP contribution in [0.1, 0.15) is 5.56 Å². The molecular weight excluding hydrogens is 365 g/mol. The van der Waals surface area contributed by atoms with Gasteiger partial charge in [0, 0.05) is 11.1 Å². The van der Waals surface area contributed by atoms with Gasteiger partial charge in [0.25, 0.3) is 5.89 Å². The highest BCUT2D eigenvalue weighted by atomic mass is 19.4. The van der Waals surface area contributed by atoms with Gasteiger partial charge in [0.2, 0.25) is 5.82 Å². The molecule has 0 saturated carbocycles. The van der Waals surface area contributed by atoms with E-state index in [0.717, 1.165) is 5.56 Å². The zero-order valence-electron chi connectivity index (χ0n) is 14.0. The van der Waals surface area contributed by atoms with Crippen LogP contribution in [0.25, 0.3) is 22.8 Å². The second-order valence-electron chi connectivity index (χ2n) is 5.45. The molecule has 3 aromatic rings. The number of aromatic nitrogens is 2. The van der Waals surface area contributed by atoms with E-state index < -0.39 is 6.36 Å². The smallest absolute Gasteiger partial charge is 0.469 e. The molecule has 0 unspecified atom stereocenters. The standard InChI is InChI=1S/C18H13F3N2O4/c1-25-15(24)10-11-2-4-13(5-3-11)17-22-16(23-27-17)12-6-8-14(9-7-12)26-18(19,20)21/h2-9H,10H2,1H3. The quantitative estimate of drug-likeness (QED) is 0.625. The number of esters is 1. The number of rotatable bonds is 5. The van der Waals surface area contributed by atoms with Gasteiger partial charge in [-0.1, -0.05) is 17.3 Å². The summed E-state index contributed by atoms with van der Waals surface area (Å²) in [6.45, 7) is 0. The Morgan fingerprint density at radius 2 is 1.67 bits per heavy atom. The molecule has 0 atom stereocenters. The van der Waals surface area contributed by atoms with E-state index >= 15 is 0 Å². The third-order valence-electron chi connectivity index (χ3n) is 3.55. The molecule has 1 aromatic heterocycles. The summed E-state index contributed by atoms with van der Waals surface area (Å²) in [6, 6.07) is 12.0. The minimum absolute atomic E-state index is 0.151. The van der Waals surface area contributed by atoms with Crippen molar-refractivity contribution in [2.45, 2.75) is 12.8 Å². The highest BCUT2D eigenvalue weighted by Crippen LogP contribution is 2.27. The Labute approximate surface area is 151 Å². The van der Waals surface area contributed by atoms with Crippen LogP contribution in [0.4, 0.5) is 13.2 Å². The van der Waals surface area contributed by atoms with E-state index in [1.54, 1.807) is 24.3 Å². The number of ether oxygens (including phenoxy) is 2. The van der Waals surface area contributed by atoms with Crippen LogP contribution < -0.4 is 4.74 Å². The van der Waals surface area contributed by atoms with E-state index in [0.29, 0.717) is 11.1 Å². The van der Waals surface area contributed by atoms with E-state index in [-0.39, 0.29) is 29.9 Å². The predicted molar refractivity (Wildman–Crippen MR) is 87.6 cm³/mol. The van der Waals surface area contributed by atoms with Crippen molar-refractivity contribution in [1.29, 1.82) is 0 Å². The molecule has 0 aliphatic carbocycles. The van der Waals surface area contributed by atoms with Crippen LogP contribution in [0.2, 0.25) is 0 Å². The predicted octanol–water partition coefficient (Wildman–Crippen LogP) is 4.02. The van der Waals surface area contributed by atoms with Crippen molar-refractivity contribution in [3.8, 4) is 28.6 Å². The summed E-state index contributed by atoms with van der Waals surface area (Å²) in [4.78, 5) is 15.5. The molecule has 0 amide bonds. The number of carbonyl (C=O) groups excluding carboxylic acids is 1. The number of hydrogen-bond acceptors (Lipinski definition) is 6. The van der Waals surface area contributed by atoms with E-state index in [1.807, 2.05) is 0 Å². The van der Waals surface area contributed by atoms with Gasteiger partial charge in [-0.25, -0.2) is 0 Å². The summed E-state index contributed by atoms with van der Waals surface area (Å²) >= 11 is 0. The van der Waals surface area contributed by atoms with Crippen molar-refractivity contribution in [2.75, 3.05) is 7.11 Å². The van der Waals surface area contributed by atoms with Crippen molar-refractivity contribution in [1.82, 2.24) is 10.1 Å². The molecule has 140 valence electrons. The van der Waals surface area contributed by atoms with Gasteiger partial charge in [0.1, 0.15) is 5.75 Å². The average Bonchev–Trinajstić information content (AvgIpc) is 3.11. The van der Waals surface area contributed by atoms with Gasteiger partial charge in [-0.15, -0.1) is 13.2 Å². The number of benzene rings is 2. The molecule has 3 rings (SSSR count). The van der Waals surface area contributed by atoms with Gasteiger partial charge in [-0.05, 0) is 42.0 Å². The first-order valence-electron chi connectivity index (χ1n) is 7.70. The van der Waals surface area contributed by atoms with Gasteiger partial charge in [-0.3, -0.25) is 4.79 Å². The molecule has 2 aromatic carbocycles. The van der Waals surface area contributed by atoms with Crippen LogP contribution >= 0.6 is 0 Å². The van der Waals surface area contributed by atoms with Crippen molar-refractivity contribution in [2.24, 2.45) is 0 Å². The fraction of sp³-hybridized carbons (Fsp3) is 0.167. The molecule has 6 nitrogen and oxygen atoms in total. The largest absolute Gasteiger partial charge is 0.573 e. The summed E-state index contributed by atoms with van der Waals surface area (Å²) in [5.41, 5.74) is 1.88. The number of nitrogens with zero attached hydrogens (tertiary/aromatic N) is 2. The highest BCUT2D eigenvalue weighted by molar-refractivity contribution is 5.72. The Bertz CT molecular complexity index is 919. The first kappa shape index (κ1) is 18.4. The average molecular weight is 378 g/mol. The Hall–Kier alpha value is -3.36. The molecule has 0 spiro atoms. The van der Waals surface area contributed by atoms with Gasteiger partial charge < -0.3 is 14.0 Å². The molecule has 0 aliphatic rings. The third-order valence-corrected chi connectivity index (χ3v) is 3.55. The van der Waals surface area contributed by atoms with Crippen LogP contribution in [0.5, 0.6) is 5.75 Å². The van der Waals surface area contributed by atoms with Gasteiger partial charge in [0.15, 0.2) is 0 Å². The van der Waals surface area contributed by atoms with Crippen LogP contribution in [0.3, 0.4) is 0 Å². The van der Waals surface area contributed by atoms with E-state index in [4.69, 9.17) is 4.52 Å². The van der Waals surface area contributed by atoms with Crippen LogP contribution in [-0.2, 0) is 16.0 Å². The number of halogens is 3. The molecule has 27 heavy (non-hydrogen) atoms. The SMILES string of the molecule is COC(=O)Cc1ccc(-c2nc(-c3ccc(OC(F)(F)F)cc3)no2)cc1.